The van der Waals surface area contributed by atoms with E-state index in [2.05, 4.69) is 22.6 Å². The third kappa shape index (κ3) is 2.56. The molecule has 0 spiro atoms. The van der Waals surface area contributed by atoms with E-state index in [0.29, 0.717) is 17.6 Å². The topological polar surface area (TPSA) is 119 Å². The van der Waals surface area contributed by atoms with Gasteiger partial charge in [-0.3, -0.25) is 24.1 Å². The van der Waals surface area contributed by atoms with Crippen molar-refractivity contribution in [2.24, 2.45) is 35.5 Å². The van der Waals surface area contributed by atoms with Crippen molar-refractivity contribution in [2.75, 3.05) is 18.5 Å². The number of hydrogen-bond acceptors (Lipinski definition) is 7. The molecule has 28 heavy (non-hydrogen) atoms. The molecule has 1 aromatic rings. The van der Waals surface area contributed by atoms with E-state index in [9.17, 15) is 19.2 Å². The normalized spacial score (nSPS) is 34.2. The number of likely N-dealkylation sites (tertiary alicyclic amines) is 1. The summed E-state index contributed by atoms with van der Waals surface area (Å²) in [4.78, 5) is 50.5. The van der Waals surface area contributed by atoms with Gasteiger partial charge in [0.2, 0.25) is 11.8 Å². The second kappa shape index (κ2) is 6.02. The maximum atomic E-state index is 12.8. The fraction of sp³-hybridized carbons (Fsp3) is 0.526. The first-order chi connectivity index (χ1) is 13.4. The Morgan fingerprint density at radius 1 is 1.21 bits per heavy atom. The van der Waals surface area contributed by atoms with E-state index in [1.54, 1.807) is 6.92 Å². The van der Waals surface area contributed by atoms with Crippen LogP contribution >= 0.6 is 0 Å². The summed E-state index contributed by atoms with van der Waals surface area (Å²) < 4.78 is 9.75. The molecule has 9 heteroatoms. The number of allylic oxidation sites excluding steroid dienone is 2. The number of aromatic nitrogens is 1. The van der Waals surface area contributed by atoms with Crippen molar-refractivity contribution >= 4 is 29.5 Å². The highest BCUT2D eigenvalue weighted by molar-refractivity contribution is 6.08. The number of hydrogen-bond donors (Lipinski definition) is 1. The number of ether oxygens (including phenoxy) is 1. The smallest absolute Gasteiger partial charge is 0.326 e. The summed E-state index contributed by atoms with van der Waals surface area (Å²) in [6.45, 7) is 0.677. The fourth-order valence-corrected chi connectivity index (χ4v) is 5.10. The molecule has 0 aromatic carbocycles. The van der Waals surface area contributed by atoms with E-state index >= 15 is 0 Å². The van der Waals surface area contributed by atoms with Crippen LogP contribution in [0.3, 0.4) is 0 Å². The molecule has 0 radical (unpaired) electrons. The van der Waals surface area contributed by atoms with Gasteiger partial charge in [-0.1, -0.05) is 17.3 Å². The van der Waals surface area contributed by atoms with Crippen molar-refractivity contribution in [1.29, 1.82) is 0 Å². The minimum atomic E-state index is -0.794. The molecule has 1 aromatic heterocycles. The van der Waals surface area contributed by atoms with Gasteiger partial charge >= 0.3 is 5.97 Å². The van der Waals surface area contributed by atoms with Gasteiger partial charge in [0.1, 0.15) is 12.3 Å². The van der Waals surface area contributed by atoms with E-state index < -0.39 is 25.0 Å². The van der Waals surface area contributed by atoms with Crippen molar-refractivity contribution in [3.63, 3.8) is 0 Å². The molecular weight excluding hydrogens is 366 g/mol. The first-order valence-corrected chi connectivity index (χ1v) is 9.36. The minimum absolute atomic E-state index is 0.106. The Kier molecular flexibility index (Phi) is 3.68. The van der Waals surface area contributed by atoms with Gasteiger partial charge in [-0.25, -0.2) is 0 Å². The van der Waals surface area contributed by atoms with Crippen LogP contribution in [0.1, 0.15) is 12.2 Å². The van der Waals surface area contributed by atoms with Gasteiger partial charge < -0.3 is 14.6 Å². The number of aryl methyl sites for hydroxylation is 1. The van der Waals surface area contributed by atoms with Crippen molar-refractivity contribution in [1.82, 2.24) is 10.1 Å². The average Bonchev–Trinajstić information content (AvgIpc) is 3.35. The Morgan fingerprint density at radius 3 is 2.43 bits per heavy atom. The first kappa shape index (κ1) is 17.2. The van der Waals surface area contributed by atoms with Crippen LogP contribution in [-0.4, -0.2) is 46.9 Å². The summed E-state index contributed by atoms with van der Waals surface area (Å²) in [6, 6.07) is 1.52. The number of anilines is 1. The van der Waals surface area contributed by atoms with Crippen molar-refractivity contribution < 1.29 is 28.4 Å². The molecule has 2 saturated carbocycles. The van der Waals surface area contributed by atoms with Crippen LogP contribution in [0.5, 0.6) is 0 Å². The molecule has 0 unspecified atom stereocenters. The van der Waals surface area contributed by atoms with Crippen molar-refractivity contribution in [3.05, 3.63) is 24.0 Å². The zero-order chi connectivity index (χ0) is 19.6. The highest BCUT2D eigenvalue weighted by Gasteiger charge is 2.67. The van der Waals surface area contributed by atoms with Gasteiger partial charge in [0.15, 0.2) is 12.4 Å². The Bertz CT molecular complexity index is 885. The van der Waals surface area contributed by atoms with Crippen LogP contribution in [0.2, 0.25) is 0 Å². The molecule has 3 fully saturated rings. The lowest BCUT2D eigenvalue weighted by Crippen LogP contribution is -2.40. The summed E-state index contributed by atoms with van der Waals surface area (Å²) in [5.41, 5.74) is 0. The number of nitrogens with zero attached hydrogens (tertiary/aromatic N) is 2. The maximum absolute atomic E-state index is 12.8. The third-order valence-corrected chi connectivity index (χ3v) is 6.30. The summed E-state index contributed by atoms with van der Waals surface area (Å²) >= 11 is 0. The van der Waals surface area contributed by atoms with E-state index in [0.717, 1.165) is 11.3 Å². The molecule has 4 aliphatic carbocycles. The predicted molar refractivity (Wildman–Crippen MR) is 92.2 cm³/mol. The molecule has 2 bridgehead atoms. The second-order valence-electron chi connectivity index (χ2n) is 7.95. The zero-order valence-electron chi connectivity index (χ0n) is 15.2. The second-order valence-corrected chi connectivity index (χ2v) is 7.95. The van der Waals surface area contributed by atoms with E-state index in [-0.39, 0.29) is 41.3 Å². The van der Waals surface area contributed by atoms with Crippen LogP contribution in [0, 0.1) is 42.4 Å². The predicted octanol–water partition coefficient (Wildman–Crippen LogP) is 0.518. The van der Waals surface area contributed by atoms with Gasteiger partial charge in [0.25, 0.3) is 5.91 Å². The zero-order valence-corrected chi connectivity index (χ0v) is 15.2. The van der Waals surface area contributed by atoms with Gasteiger partial charge in [-0.05, 0) is 37.0 Å². The van der Waals surface area contributed by atoms with E-state index in [1.165, 1.54) is 6.07 Å². The van der Waals surface area contributed by atoms with E-state index in [1.807, 2.05) is 0 Å². The molecular formula is C19H19N3O6. The number of carbonyl (C=O) groups is 4. The van der Waals surface area contributed by atoms with Crippen LogP contribution in [-0.2, 0) is 23.9 Å². The Hall–Kier alpha value is -2.97. The molecule has 2 heterocycles. The number of imide groups is 1. The molecule has 5 aliphatic rings. The molecule has 146 valence electrons. The molecule has 9 nitrogen and oxygen atoms in total. The molecule has 1 saturated heterocycles. The van der Waals surface area contributed by atoms with Crippen LogP contribution < -0.4 is 5.32 Å². The van der Waals surface area contributed by atoms with Gasteiger partial charge in [-0.15, -0.1) is 0 Å². The SMILES string of the molecule is Cc1cc(NC(=O)COC(=O)CN2C(=O)[C@@H]3[C@H]4C=C[C@@H]([C@@H]5C[C@@H]45)[C@@H]3C2=O)no1. The highest BCUT2D eigenvalue weighted by Crippen LogP contribution is 2.65. The standard InChI is InChI=1S/C19H19N3O6/c1-8-4-13(21-28-8)20-14(23)7-27-15(24)6-22-18(25)16-9-2-3-10(12-5-11(9)12)17(16)19(22)26/h2-4,9-12,16-17H,5-7H2,1H3,(H,20,21,23)/t9-,10-,11-,12-,16-,17+/m0/s1. The quantitative estimate of drug-likeness (QED) is 0.446. The molecule has 6 rings (SSSR count). The number of amides is 3. The monoisotopic (exact) mass is 385 g/mol. The fourth-order valence-electron chi connectivity index (χ4n) is 5.10. The van der Waals surface area contributed by atoms with Gasteiger partial charge in [0, 0.05) is 6.07 Å². The van der Waals surface area contributed by atoms with Gasteiger partial charge in [0.05, 0.1) is 11.8 Å². The number of carbonyl (C=O) groups excluding carboxylic acids is 4. The van der Waals surface area contributed by atoms with Crippen molar-refractivity contribution in [2.45, 2.75) is 13.3 Å². The average molecular weight is 385 g/mol. The summed E-state index contributed by atoms with van der Waals surface area (Å²) in [5.74, 6) is -0.700. The molecule has 3 amide bonds. The lowest BCUT2D eigenvalue weighted by molar-refractivity contribution is -0.154. The molecule has 6 atom stereocenters. The third-order valence-electron chi connectivity index (χ3n) is 6.30. The maximum Gasteiger partial charge on any atom is 0.326 e. The first-order valence-electron chi connectivity index (χ1n) is 9.36. The lowest BCUT2D eigenvalue weighted by atomic mass is 9.63. The van der Waals surface area contributed by atoms with Crippen LogP contribution in [0.4, 0.5) is 5.82 Å². The molecule has 1 aliphatic heterocycles. The summed E-state index contributed by atoms with van der Waals surface area (Å²) in [6.07, 6.45) is 5.23. The van der Waals surface area contributed by atoms with E-state index in [4.69, 9.17) is 9.26 Å². The minimum Gasteiger partial charge on any atom is -0.454 e. The van der Waals surface area contributed by atoms with Crippen LogP contribution in [0.15, 0.2) is 22.7 Å². The number of rotatable bonds is 5. The largest absolute Gasteiger partial charge is 0.454 e. The number of nitrogens with one attached hydrogen (secondary N) is 1. The van der Waals surface area contributed by atoms with Crippen molar-refractivity contribution in [3.8, 4) is 0 Å². The number of esters is 1. The summed E-state index contributed by atoms with van der Waals surface area (Å²) in [5, 5.41) is 6.03. The summed E-state index contributed by atoms with van der Waals surface area (Å²) in [7, 11) is 0. The highest BCUT2D eigenvalue weighted by atomic mass is 16.5. The Labute approximate surface area is 160 Å². The Morgan fingerprint density at radius 2 is 1.86 bits per heavy atom. The Balaban J connectivity index is 1.18. The molecule has 1 N–H and O–H groups in total. The lowest BCUT2D eigenvalue weighted by Gasteiger charge is -2.37. The van der Waals surface area contributed by atoms with Gasteiger partial charge in [-0.2, -0.15) is 0 Å². The van der Waals surface area contributed by atoms with Crippen LogP contribution in [0.25, 0.3) is 0 Å².